The Labute approximate surface area is 120 Å². The van der Waals surface area contributed by atoms with Crippen LogP contribution in [0.3, 0.4) is 0 Å². The second-order valence-electron chi connectivity index (χ2n) is 5.33. The standard InChI is InChI=1S/C16H25N3O/c1-4-13-9-15-16(18-10-13)14(12(2)17)11-19(15)7-5-6-8-20-3/h9-12H,4-8,17H2,1-3H3. The summed E-state index contributed by atoms with van der Waals surface area (Å²) in [4.78, 5) is 4.61. The minimum absolute atomic E-state index is 0.0118. The number of aromatic nitrogens is 2. The maximum Gasteiger partial charge on any atom is 0.0928 e. The molecule has 1 atom stereocenters. The Morgan fingerprint density at radius 2 is 2.20 bits per heavy atom. The van der Waals surface area contributed by atoms with Crippen LogP contribution in [0, 0.1) is 0 Å². The first-order chi connectivity index (χ1) is 9.67. The molecular weight excluding hydrogens is 250 g/mol. The Morgan fingerprint density at radius 3 is 2.85 bits per heavy atom. The van der Waals surface area contributed by atoms with E-state index in [4.69, 9.17) is 10.5 Å². The van der Waals surface area contributed by atoms with E-state index in [-0.39, 0.29) is 6.04 Å². The lowest BCUT2D eigenvalue weighted by Crippen LogP contribution is -2.04. The van der Waals surface area contributed by atoms with Gasteiger partial charge in [0.05, 0.1) is 11.0 Å². The molecule has 1 unspecified atom stereocenters. The van der Waals surface area contributed by atoms with Gasteiger partial charge in [0.1, 0.15) is 0 Å². The molecule has 0 bridgehead atoms. The monoisotopic (exact) mass is 275 g/mol. The average molecular weight is 275 g/mol. The Kier molecular flexibility index (Phi) is 5.15. The summed E-state index contributed by atoms with van der Waals surface area (Å²) in [6.45, 7) is 5.97. The maximum absolute atomic E-state index is 6.07. The van der Waals surface area contributed by atoms with E-state index in [0.717, 1.165) is 43.5 Å². The van der Waals surface area contributed by atoms with Crippen molar-refractivity contribution in [3.05, 3.63) is 29.6 Å². The van der Waals surface area contributed by atoms with Crippen molar-refractivity contribution >= 4 is 11.0 Å². The lowest BCUT2D eigenvalue weighted by atomic mass is 10.1. The molecule has 0 aliphatic carbocycles. The minimum Gasteiger partial charge on any atom is -0.385 e. The Bertz CT molecular complexity index is 560. The number of rotatable bonds is 7. The average Bonchev–Trinajstić information content (AvgIpc) is 2.82. The molecule has 110 valence electrons. The first-order valence-electron chi connectivity index (χ1n) is 7.39. The van der Waals surface area contributed by atoms with E-state index in [2.05, 4.69) is 28.7 Å². The highest BCUT2D eigenvalue weighted by atomic mass is 16.5. The fraction of sp³-hybridized carbons (Fsp3) is 0.562. The molecule has 2 aromatic heterocycles. The van der Waals surface area contributed by atoms with E-state index in [1.54, 1.807) is 7.11 Å². The molecule has 2 N–H and O–H groups in total. The fourth-order valence-corrected chi connectivity index (χ4v) is 2.47. The third-order valence-electron chi connectivity index (χ3n) is 3.70. The zero-order valence-corrected chi connectivity index (χ0v) is 12.7. The summed E-state index contributed by atoms with van der Waals surface area (Å²) in [5.74, 6) is 0. The van der Waals surface area contributed by atoms with Crippen molar-refractivity contribution in [2.45, 2.75) is 45.7 Å². The number of ether oxygens (including phenoxy) is 1. The zero-order valence-electron chi connectivity index (χ0n) is 12.7. The first-order valence-corrected chi connectivity index (χ1v) is 7.39. The summed E-state index contributed by atoms with van der Waals surface area (Å²) in [5.41, 5.74) is 10.7. The molecule has 4 heteroatoms. The van der Waals surface area contributed by atoms with Gasteiger partial charge in [0.2, 0.25) is 0 Å². The van der Waals surface area contributed by atoms with Crippen molar-refractivity contribution < 1.29 is 4.74 Å². The van der Waals surface area contributed by atoms with E-state index >= 15 is 0 Å². The summed E-state index contributed by atoms with van der Waals surface area (Å²) in [6, 6.07) is 2.25. The quantitative estimate of drug-likeness (QED) is 0.790. The molecule has 0 aliphatic heterocycles. The molecule has 20 heavy (non-hydrogen) atoms. The molecule has 2 heterocycles. The Morgan fingerprint density at radius 1 is 1.40 bits per heavy atom. The van der Waals surface area contributed by atoms with E-state index in [0.29, 0.717) is 0 Å². The molecule has 0 amide bonds. The normalized spacial score (nSPS) is 13.0. The van der Waals surface area contributed by atoms with Gasteiger partial charge in [-0.3, -0.25) is 4.98 Å². The van der Waals surface area contributed by atoms with Gasteiger partial charge in [-0.1, -0.05) is 6.92 Å². The topological polar surface area (TPSA) is 53.1 Å². The van der Waals surface area contributed by atoms with Crippen LogP contribution in [-0.2, 0) is 17.7 Å². The number of unbranched alkanes of at least 4 members (excludes halogenated alkanes) is 1. The molecule has 0 saturated heterocycles. The number of nitrogens with two attached hydrogens (primary N) is 1. The van der Waals surface area contributed by atoms with E-state index in [1.165, 1.54) is 11.1 Å². The second-order valence-corrected chi connectivity index (χ2v) is 5.33. The molecule has 2 rings (SSSR count). The number of hydrogen-bond donors (Lipinski definition) is 1. The van der Waals surface area contributed by atoms with Gasteiger partial charge in [-0.05, 0) is 37.8 Å². The summed E-state index contributed by atoms with van der Waals surface area (Å²) in [5, 5.41) is 0. The lowest BCUT2D eigenvalue weighted by molar-refractivity contribution is 0.191. The molecular formula is C16H25N3O. The molecule has 4 nitrogen and oxygen atoms in total. The highest BCUT2D eigenvalue weighted by Crippen LogP contribution is 2.25. The van der Waals surface area contributed by atoms with Gasteiger partial charge in [0, 0.05) is 44.3 Å². The van der Waals surface area contributed by atoms with Crippen LogP contribution in [0.25, 0.3) is 11.0 Å². The number of fused-ring (bicyclic) bond motifs is 1. The van der Waals surface area contributed by atoms with Gasteiger partial charge in [-0.15, -0.1) is 0 Å². The highest BCUT2D eigenvalue weighted by molar-refractivity contribution is 5.80. The SMILES string of the molecule is CCc1cnc2c(C(C)N)cn(CCCCOC)c2c1. The molecule has 0 saturated carbocycles. The van der Waals surface area contributed by atoms with E-state index < -0.39 is 0 Å². The van der Waals surface area contributed by atoms with Gasteiger partial charge in [-0.25, -0.2) is 0 Å². The lowest BCUT2D eigenvalue weighted by Gasteiger charge is -2.05. The predicted octanol–water partition coefficient (Wildman–Crippen LogP) is 3.05. The van der Waals surface area contributed by atoms with Crippen LogP contribution in [-0.4, -0.2) is 23.3 Å². The van der Waals surface area contributed by atoms with Crippen molar-refractivity contribution in [3.63, 3.8) is 0 Å². The number of nitrogens with zero attached hydrogens (tertiary/aromatic N) is 2. The predicted molar refractivity (Wildman–Crippen MR) is 82.8 cm³/mol. The van der Waals surface area contributed by atoms with Crippen LogP contribution in [0.4, 0.5) is 0 Å². The first kappa shape index (κ1) is 15.0. The van der Waals surface area contributed by atoms with Crippen LogP contribution in [0.5, 0.6) is 0 Å². The van der Waals surface area contributed by atoms with E-state index in [1.807, 2.05) is 13.1 Å². The number of aryl methyl sites for hydroxylation is 2. The van der Waals surface area contributed by atoms with Gasteiger partial charge in [-0.2, -0.15) is 0 Å². The van der Waals surface area contributed by atoms with Crippen LogP contribution in [0.15, 0.2) is 18.5 Å². The Hall–Kier alpha value is -1.39. The van der Waals surface area contributed by atoms with Crippen molar-refractivity contribution in [3.8, 4) is 0 Å². The summed E-state index contributed by atoms with van der Waals surface area (Å²) >= 11 is 0. The molecule has 0 spiro atoms. The van der Waals surface area contributed by atoms with Gasteiger partial charge >= 0.3 is 0 Å². The zero-order chi connectivity index (χ0) is 14.5. The Balaban J connectivity index is 2.31. The molecule has 0 fully saturated rings. The van der Waals surface area contributed by atoms with Gasteiger partial charge in [0.25, 0.3) is 0 Å². The largest absolute Gasteiger partial charge is 0.385 e. The molecule has 0 aromatic carbocycles. The van der Waals surface area contributed by atoms with Crippen LogP contribution < -0.4 is 5.73 Å². The summed E-state index contributed by atoms with van der Waals surface area (Å²) in [7, 11) is 1.75. The number of pyridine rings is 1. The molecule has 0 aliphatic rings. The highest BCUT2D eigenvalue weighted by Gasteiger charge is 2.13. The summed E-state index contributed by atoms with van der Waals surface area (Å²) in [6.07, 6.45) is 7.31. The van der Waals surface area contributed by atoms with Crippen molar-refractivity contribution in [1.82, 2.24) is 9.55 Å². The van der Waals surface area contributed by atoms with Gasteiger partial charge < -0.3 is 15.0 Å². The van der Waals surface area contributed by atoms with E-state index in [9.17, 15) is 0 Å². The van der Waals surface area contributed by atoms with Crippen molar-refractivity contribution in [1.29, 1.82) is 0 Å². The number of methoxy groups -OCH3 is 1. The third-order valence-corrected chi connectivity index (χ3v) is 3.70. The minimum atomic E-state index is 0.0118. The third kappa shape index (κ3) is 3.19. The maximum atomic E-state index is 6.07. The second kappa shape index (κ2) is 6.86. The molecule has 2 aromatic rings. The van der Waals surface area contributed by atoms with Crippen molar-refractivity contribution in [2.24, 2.45) is 5.73 Å². The van der Waals surface area contributed by atoms with Crippen molar-refractivity contribution in [2.75, 3.05) is 13.7 Å². The fourth-order valence-electron chi connectivity index (χ4n) is 2.47. The van der Waals surface area contributed by atoms with Crippen LogP contribution in [0.2, 0.25) is 0 Å². The smallest absolute Gasteiger partial charge is 0.0928 e. The number of hydrogen-bond acceptors (Lipinski definition) is 3. The van der Waals surface area contributed by atoms with Gasteiger partial charge in [0.15, 0.2) is 0 Å². The van der Waals surface area contributed by atoms with Crippen LogP contribution in [0.1, 0.15) is 43.9 Å². The summed E-state index contributed by atoms with van der Waals surface area (Å²) < 4.78 is 7.39. The van der Waals surface area contributed by atoms with Crippen LogP contribution >= 0.6 is 0 Å². The molecule has 0 radical (unpaired) electrons.